The van der Waals surface area contributed by atoms with E-state index in [-0.39, 0.29) is 31.9 Å². The van der Waals surface area contributed by atoms with Gasteiger partial charge in [-0.15, -0.1) is 0 Å². The van der Waals surface area contributed by atoms with Gasteiger partial charge in [-0.05, 0) is 0 Å². The van der Waals surface area contributed by atoms with E-state index in [1.807, 2.05) is 17.8 Å². The summed E-state index contributed by atoms with van der Waals surface area (Å²) in [4.78, 5) is 25.5. The zero-order chi connectivity index (χ0) is 18.0. The van der Waals surface area contributed by atoms with E-state index in [0.717, 1.165) is 30.1 Å². The van der Waals surface area contributed by atoms with Crippen molar-refractivity contribution in [3.8, 4) is 0 Å². The molecule has 0 aliphatic heterocycles. The average molecular weight is 488 g/mol. The molecule has 0 aliphatic rings. The number of hydrogen-bond donors (Lipinski definition) is 0. The van der Waals surface area contributed by atoms with Gasteiger partial charge in [0.2, 0.25) is 0 Å². The van der Waals surface area contributed by atoms with Crippen LogP contribution in [0.15, 0.2) is 23.1 Å². The van der Waals surface area contributed by atoms with E-state index in [4.69, 9.17) is 4.18 Å². The Bertz CT molecular complexity index is 581. The first-order chi connectivity index (χ1) is 11.4. The fourth-order valence-electron chi connectivity index (χ4n) is 2.01. The Hall–Kier alpha value is -0.190. The summed E-state index contributed by atoms with van der Waals surface area (Å²) >= 11 is 1.98. The number of carbonyl (C=O) groups is 1. The summed E-state index contributed by atoms with van der Waals surface area (Å²) in [7, 11) is 0.518. The van der Waals surface area contributed by atoms with Crippen LogP contribution in [0, 0.1) is 0 Å². The third kappa shape index (κ3) is 7.79. The van der Waals surface area contributed by atoms with Crippen molar-refractivity contribution in [3.05, 3.63) is 34.2 Å². The van der Waals surface area contributed by atoms with Gasteiger partial charge >= 0.3 is 143 Å². The third-order valence-electron chi connectivity index (χ3n) is 3.34. The van der Waals surface area contributed by atoms with Crippen molar-refractivity contribution < 1.29 is 33.5 Å². The van der Waals surface area contributed by atoms with E-state index in [9.17, 15) is 9.59 Å². The van der Waals surface area contributed by atoms with Crippen LogP contribution in [0.1, 0.15) is 18.9 Å². The topological polar surface area (TPSA) is 57.5 Å². The van der Waals surface area contributed by atoms with Gasteiger partial charge in [0.15, 0.2) is 0 Å². The zero-order valence-electron chi connectivity index (χ0n) is 14.7. The molecule has 0 N–H and O–H groups in total. The Labute approximate surface area is 159 Å². The number of alkyl halides is 1. The van der Waals surface area contributed by atoms with Crippen molar-refractivity contribution in [2.45, 2.75) is 25.6 Å². The Balaban J connectivity index is 2.39. The fourth-order valence-corrected chi connectivity index (χ4v) is 8.39. The summed E-state index contributed by atoms with van der Waals surface area (Å²) < 4.78 is 11.9. The number of thioether (sulfide) groups is 1. The van der Waals surface area contributed by atoms with E-state index in [1.165, 1.54) is 17.4 Å². The Morgan fingerprint density at radius 2 is 2.21 bits per heavy atom. The van der Waals surface area contributed by atoms with Gasteiger partial charge in [-0.2, -0.15) is 0 Å². The minimum absolute atomic E-state index is 0.0400. The Kier molecular flexibility index (Phi) is 10.4. The molecular weight excluding hydrogens is 461 g/mol. The number of nitrogens with zero attached hydrogens (tertiary/aromatic N) is 1. The predicted octanol–water partition coefficient (Wildman–Crippen LogP) is -0.336. The molecule has 0 saturated heterocycles. The second-order valence-electron chi connectivity index (χ2n) is 5.15. The predicted molar refractivity (Wildman–Crippen MR) is 99.4 cm³/mol. The first-order valence-electron chi connectivity index (χ1n) is 7.69. The van der Waals surface area contributed by atoms with Gasteiger partial charge < -0.3 is 4.74 Å². The number of methoxy groups -OCH3 is 1. The van der Waals surface area contributed by atoms with Gasteiger partial charge in [0.25, 0.3) is 0 Å². The molecule has 0 aromatic carbocycles. The van der Waals surface area contributed by atoms with E-state index in [0.29, 0.717) is 0 Å². The second kappa shape index (κ2) is 11.4. The number of ether oxygens (including phenoxy) is 1. The van der Waals surface area contributed by atoms with E-state index >= 15 is 0 Å². The zero-order valence-corrected chi connectivity index (χ0v) is 18.5. The molecule has 140 valence electrons. The first kappa shape index (κ1) is 21.9. The molecule has 24 heavy (non-hydrogen) atoms. The molecule has 1 aromatic rings. The van der Waals surface area contributed by atoms with Crippen LogP contribution in [-0.2, 0) is 26.0 Å². The fraction of sp³-hybridized carbons (Fsp3) is 0.625. The van der Waals surface area contributed by atoms with E-state index < -0.39 is 13.4 Å². The van der Waals surface area contributed by atoms with Crippen molar-refractivity contribution in [2.24, 2.45) is 0 Å². The first-order valence-corrected chi connectivity index (χ1v) is 15.7. The van der Waals surface area contributed by atoms with Crippen LogP contribution in [0.2, 0.25) is 0 Å². The Morgan fingerprint density at radius 3 is 2.79 bits per heavy atom. The van der Waals surface area contributed by atoms with Gasteiger partial charge in [-0.3, -0.25) is 4.79 Å². The van der Waals surface area contributed by atoms with Crippen molar-refractivity contribution in [3.63, 3.8) is 0 Å². The SMILES string of the molecule is CCOS(C)(CCCSCc1ccn(CC(=O)OC)c(=O)c1)[I-]C. The van der Waals surface area contributed by atoms with Crippen molar-refractivity contribution in [1.82, 2.24) is 4.57 Å². The number of aromatic nitrogens is 1. The van der Waals surface area contributed by atoms with Gasteiger partial charge in [0.05, 0.1) is 7.11 Å². The van der Waals surface area contributed by atoms with Crippen molar-refractivity contribution >= 4 is 25.2 Å². The molecule has 1 aromatic heterocycles. The minimum atomic E-state index is -0.799. The summed E-state index contributed by atoms with van der Waals surface area (Å²) in [6.07, 6.45) is 5.12. The van der Waals surface area contributed by atoms with Gasteiger partial charge in [0.1, 0.15) is 0 Å². The van der Waals surface area contributed by atoms with E-state index in [2.05, 4.69) is 22.8 Å². The second-order valence-corrected chi connectivity index (χ2v) is 17.2. The Morgan fingerprint density at radius 1 is 1.46 bits per heavy atom. The summed E-state index contributed by atoms with van der Waals surface area (Å²) in [5, 5.41) is 0. The molecule has 0 bridgehead atoms. The normalized spacial score (nSPS) is 15.0. The number of pyridine rings is 1. The molecule has 0 fully saturated rings. The molecule has 8 heteroatoms. The number of hydrogen-bond acceptors (Lipinski definition) is 5. The van der Waals surface area contributed by atoms with E-state index in [1.54, 1.807) is 12.3 Å². The maximum atomic E-state index is 12.0. The van der Waals surface area contributed by atoms with Crippen LogP contribution < -0.4 is 25.4 Å². The van der Waals surface area contributed by atoms with Crippen LogP contribution in [0.25, 0.3) is 0 Å². The number of rotatable bonds is 11. The van der Waals surface area contributed by atoms with Gasteiger partial charge in [-0.25, -0.2) is 0 Å². The van der Waals surface area contributed by atoms with Gasteiger partial charge in [0, 0.05) is 0 Å². The molecule has 0 saturated carbocycles. The molecule has 1 heterocycles. The van der Waals surface area contributed by atoms with Gasteiger partial charge in [-0.1, -0.05) is 0 Å². The summed E-state index contributed by atoms with van der Waals surface area (Å²) in [6.45, 7) is 2.85. The molecule has 1 unspecified atom stereocenters. The van der Waals surface area contributed by atoms with Crippen LogP contribution in [-0.4, -0.2) is 46.9 Å². The number of esters is 1. The molecule has 1 rings (SSSR count). The number of carbonyl (C=O) groups excluding carboxylic acids is 1. The standard InChI is InChI=1S/C16H27INO4S2/c1-5-22-24(4,17-2)10-6-9-23-13-14-7-8-18(15(19)11-14)12-16(20)21-3/h7-8,11H,5-6,9-10,12-13H2,1-4H3/q-1. The average Bonchev–Trinajstić information content (AvgIpc) is 2.57. The molecule has 0 spiro atoms. The van der Waals surface area contributed by atoms with Crippen molar-refractivity contribution in [1.29, 1.82) is 0 Å². The summed E-state index contributed by atoms with van der Waals surface area (Å²) in [6, 6.07) is 3.49. The summed E-state index contributed by atoms with van der Waals surface area (Å²) in [5.41, 5.74) is 0.830. The quantitative estimate of drug-likeness (QED) is 0.185. The maximum absolute atomic E-state index is 12.0. The third-order valence-corrected chi connectivity index (χ3v) is 14.5. The van der Waals surface area contributed by atoms with Crippen LogP contribution in [0.4, 0.5) is 0 Å². The molecule has 1 atom stereocenters. The van der Waals surface area contributed by atoms with Crippen LogP contribution in [0.3, 0.4) is 0 Å². The summed E-state index contributed by atoms with van der Waals surface area (Å²) in [5.74, 6) is 2.65. The molecule has 0 amide bonds. The molecular formula is C16H27INO4S2-. The monoisotopic (exact) mass is 488 g/mol. The molecule has 5 nitrogen and oxygen atoms in total. The van der Waals surface area contributed by atoms with Crippen LogP contribution >= 0.6 is 19.2 Å². The van der Waals surface area contributed by atoms with Crippen LogP contribution in [0.5, 0.6) is 0 Å². The number of halogens is 1. The van der Waals surface area contributed by atoms with Crippen molar-refractivity contribution in [2.75, 3.05) is 36.4 Å². The molecule has 0 aliphatic carbocycles. The molecule has 0 radical (unpaired) electrons.